The second-order valence-electron chi connectivity index (χ2n) is 8.15. The molecule has 0 bridgehead atoms. The van der Waals surface area contributed by atoms with Gasteiger partial charge in [0.1, 0.15) is 19.3 Å². The van der Waals surface area contributed by atoms with Crippen molar-refractivity contribution in [1.29, 1.82) is 0 Å². The molecule has 0 radical (unpaired) electrons. The molecule has 0 aliphatic carbocycles. The summed E-state index contributed by atoms with van der Waals surface area (Å²) in [5, 5.41) is 8.67. The third kappa shape index (κ3) is 4.04. The summed E-state index contributed by atoms with van der Waals surface area (Å²) in [5.74, 6) is 2.75. The molecular formula is C27H27N3O3. The molecule has 0 spiro atoms. The van der Waals surface area contributed by atoms with E-state index in [0.717, 1.165) is 40.3 Å². The van der Waals surface area contributed by atoms with E-state index in [0.29, 0.717) is 25.0 Å². The smallest absolute Gasteiger partial charge is 0.247 e. The minimum absolute atomic E-state index is 0.0378. The molecule has 0 N–H and O–H groups in total. The highest BCUT2D eigenvalue weighted by Gasteiger charge is 2.24. The number of ether oxygens (including phenoxy) is 2. The van der Waals surface area contributed by atoms with E-state index in [2.05, 4.69) is 66.3 Å². The van der Waals surface area contributed by atoms with Crippen molar-refractivity contribution in [1.82, 2.24) is 10.2 Å². The number of fused-ring (bicyclic) bond motifs is 1. The zero-order valence-electron chi connectivity index (χ0n) is 19.1. The molecule has 1 aliphatic rings. The number of hydrogen-bond acceptors (Lipinski definition) is 6. The summed E-state index contributed by atoms with van der Waals surface area (Å²) < 4.78 is 17.6. The zero-order valence-corrected chi connectivity index (χ0v) is 19.1. The highest BCUT2D eigenvalue weighted by molar-refractivity contribution is 5.76. The van der Waals surface area contributed by atoms with Gasteiger partial charge in [0.15, 0.2) is 11.5 Å². The third-order valence-electron chi connectivity index (χ3n) is 6.14. The standard InChI is InChI=1S/C27H27N3O3/c1-4-22(27-29-28-26(33-27)19-9-6-5-7-10-19)30(3)23-12-8-11-21(18(23)2)20-13-14-24-25(17-20)32-16-15-31-24/h5-14,17,22H,4,15-16H2,1-3H3. The Hall–Kier alpha value is -3.80. The summed E-state index contributed by atoms with van der Waals surface area (Å²) >= 11 is 0. The molecule has 33 heavy (non-hydrogen) atoms. The van der Waals surface area contributed by atoms with E-state index >= 15 is 0 Å². The van der Waals surface area contributed by atoms with Gasteiger partial charge in [-0.05, 0) is 60.4 Å². The molecule has 1 aromatic heterocycles. The van der Waals surface area contributed by atoms with Gasteiger partial charge in [0.2, 0.25) is 11.8 Å². The van der Waals surface area contributed by atoms with Gasteiger partial charge < -0.3 is 18.8 Å². The lowest BCUT2D eigenvalue weighted by atomic mass is 9.97. The first-order valence-corrected chi connectivity index (χ1v) is 11.3. The lowest BCUT2D eigenvalue weighted by molar-refractivity contribution is 0.171. The van der Waals surface area contributed by atoms with Crippen LogP contribution in [0.1, 0.15) is 30.8 Å². The third-order valence-corrected chi connectivity index (χ3v) is 6.14. The molecule has 1 unspecified atom stereocenters. The van der Waals surface area contributed by atoms with Crippen LogP contribution < -0.4 is 14.4 Å². The van der Waals surface area contributed by atoms with E-state index in [4.69, 9.17) is 13.9 Å². The number of aromatic nitrogens is 2. The summed E-state index contributed by atoms with van der Waals surface area (Å²) in [7, 11) is 2.08. The number of nitrogens with zero attached hydrogens (tertiary/aromatic N) is 3. The molecule has 3 aromatic carbocycles. The molecule has 1 atom stereocenters. The van der Waals surface area contributed by atoms with E-state index in [1.165, 1.54) is 5.56 Å². The first-order chi connectivity index (χ1) is 16.2. The zero-order chi connectivity index (χ0) is 22.8. The maximum Gasteiger partial charge on any atom is 0.247 e. The van der Waals surface area contributed by atoms with Crippen molar-refractivity contribution in [3.8, 4) is 34.1 Å². The molecule has 168 valence electrons. The molecule has 6 heteroatoms. The van der Waals surface area contributed by atoms with Crippen LogP contribution in [0.2, 0.25) is 0 Å². The maximum atomic E-state index is 6.09. The largest absolute Gasteiger partial charge is 0.486 e. The fourth-order valence-electron chi connectivity index (χ4n) is 4.38. The van der Waals surface area contributed by atoms with Crippen LogP contribution in [0.25, 0.3) is 22.6 Å². The Kier molecular flexibility index (Phi) is 5.73. The van der Waals surface area contributed by atoms with Gasteiger partial charge in [-0.3, -0.25) is 0 Å². The van der Waals surface area contributed by atoms with Gasteiger partial charge in [0, 0.05) is 18.3 Å². The Morgan fingerprint density at radius 3 is 2.45 bits per heavy atom. The van der Waals surface area contributed by atoms with E-state index in [9.17, 15) is 0 Å². The lowest BCUT2D eigenvalue weighted by Gasteiger charge is -2.29. The lowest BCUT2D eigenvalue weighted by Crippen LogP contribution is -2.24. The van der Waals surface area contributed by atoms with Gasteiger partial charge in [-0.1, -0.05) is 43.3 Å². The first kappa shape index (κ1) is 21.1. The highest BCUT2D eigenvalue weighted by Crippen LogP contribution is 2.39. The van der Waals surface area contributed by atoms with Crippen molar-refractivity contribution < 1.29 is 13.9 Å². The summed E-state index contributed by atoms with van der Waals surface area (Å²) in [6, 6.07) is 22.3. The average Bonchev–Trinajstić information content (AvgIpc) is 3.35. The van der Waals surface area contributed by atoms with Crippen LogP contribution in [0.5, 0.6) is 11.5 Å². The van der Waals surface area contributed by atoms with Gasteiger partial charge in [-0.25, -0.2) is 0 Å². The van der Waals surface area contributed by atoms with Crippen LogP contribution >= 0.6 is 0 Å². The summed E-state index contributed by atoms with van der Waals surface area (Å²) in [4.78, 5) is 2.22. The van der Waals surface area contributed by atoms with Crippen molar-refractivity contribution in [2.75, 3.05) is 25.2 Å². The molecule has 4 aromatic rings. The predicted octanol–water partition coefficient (Wildman–Crippen LogP) is 6.07. The number of benzene rings is 3. The molecule has 0 saturated carbocycles. The Morgan fingerprint density at radius 1 is 0.879 bits per heavy atom. The number of rotatable bonds is 6. The van der Waals surface area contributed by atoms with Crippen LogP contribution in [0.3, 0.4) is 0 Å². The quantitative estimate of drug-likeness (QED) is 0.362. The van der Waals surface area contributed by atoms with Crippen LogP contribution in [0.15, 0.2) is 71.1 Å². The first-order valence-electron chi connectivity index (χ1n) is 11.3. The van der Waals surface area contributed by atoms with Crippen molar-refractivity contribution in [3.05, 3.63) is 78.2 Å². The molecule has 1 aliphatic heterocycles. The highest BCUT2D eigenvalue weighted by atomic mass is 16.6. The Bertz CT molecular complexity index is 1250. The van der Waals surface area contributed by atoms with E-state index in [-0.39, 0.29) is 6.04 Å². The van der Waals surface area contributed by atoms with Gasteiger partial charge in [0.25, 0.3) is 0 Å². The second-order valence-corrected chi connectivity index (χ2v) is 8.15. The number of anilines is 1. The molecule has 5 rings (SSSR count). The topological polar surface area (TPSA) is 60.6 Å². The van der Waals surface area contributed by atoms with E-state index in [1.807, 2.05) is 36.4 Å². The normalized spacial score (nSPS) is 13.5. The minimum Gasteiger partial charge on any atom is -0.486 e. The molecule has 2 heterocycles. The number of hydrogen-bond donors (Lipinski definition) is 0. The summed E-state index contributed by atoms with van der Waals surface area (Å²) in [6.45, 7) is 5.44. The second kappa shape index (κ2) is 8.98. The van der Waals surface area contributed by atoms with Gasteiger partial charge in [-0.2, -0.15) is 0 Å². The van der Waals surface area contributed by atoms with Crippen LogP contribution in [-0.2, 0) is 0 Å². The average molecular weight is 442 g/mol. The van der Waals surface area contributed by atoms with Crippen molar-refractivity contribution >= 4 is 5.69 Å². The Balaban J connectivity index is 1.46. The summed E-state index contributed by atoms with van der Waals surface area (Å²) in [5.41, 5.74) is 5.48. The van der Waals surface area contributed by atoms with E-state index in [1.54, 1.807) is 0 Å². The van der Waals surface area contributed by atoms with Crippen molar-refractivity contribution in [2.24, 2.45) is 0 Å². The van der Waals surface area contributed by atoms with Gasteiger partial charge in [-0.15, -0.1) is 10.2 Å². The van der Waals surface area contributed by atoms with E-state index < -0.39 is 0 Å². The molecular weight excluding hydrogens is 414 g/mol. The van der Waals surface area contributed by atoms with Gasteiger partial charge >= 0.3 is 0 Å². The van der Waals surface area contributed by atoms with Crippen molar-refractivity contribution in [2.45, 2.75) is 26.3 Å². The monoisotopic (exact) mass is 441 g/mol. The SMILES string of the molecule is CCC(c1nnc(-c2ccccc2)o1)N(C)c1cccc(-c2ccc3c(c2)OCCO3)c1C. The van der Waals surface area contributed by atoms with Crippen molar-refractivity contribution in [3.63, 3.8) is 0 Å². The molecule has 0 saturated heterocycles. The fraction of sp³-hybridized carbons (Fsp3) is 0.259. The maximum absolute atomic E-state index is 6.09. The molecule has 0 fully saturated rings. The van der Waals surface area contributed by atoms with Crippen LogP contribution in [0.4, 0.5) is 5.69 Å². The van der Waals surface area contributed by atoms with Crippen LogP contribution in [-0.4, -0.2) is 30.5 Å². The van der Waals surface area contributed by atoms with Crippen LogP contribution in [0, 0.1) is 6.92 Å². The predicted molar refractivity (Wildman–Crippen MR) is 129 cm³/mol. The minimum atomic E-state index is -0.0378. The molecule has 0 amide bonds. The Labute approximate surface area is 193 Å². The Morgan fingerprint density at radius 2 is 1.67 bits per heavy atom. The van der Waals surface area contributed by atoms with Gasteiger partial charge in [0.05, 0.1) is 0 Å². The fourth-order valence-corrected chi connectivity index (χ4v) is 4.38. The molecule has 6 nitrogen and oxygen atoms in total. The summed E-state index contributed by atoms with van der Waals surface area (Å²) in [6.07, 6.45) is 0.834.